The molecule has 0 aromatic heterocycles. The molecule has 1 aliphatic rings. The van der Waals surface area contributed by atoms with Gasteiger partial charge in [0.05, 0.1) is 12.1 Å². The molecule has 5 nitrogen and oxygen atoms in total. The third kappa shape index (κ3) is 4.76. The zero-order valence-electron chi connectivity index (χ0n) is 9.57. The minimum Gasteiger partial charge on any atom is -0.453 e. The van der Waals surface area contributed by atoms with E-state index in [4.69, 9.17) is 18.0 Å². The number of hydrogen-bond acceptors (Lipinski definition) is 4. The Kier molecular flexibility index (Phi) is 5.48. The van der Waals surface area contributed by atoms with E-state index in [9.17, 15) is 4.79 Å². The summed E-state index contributed by atoms with van der Waals surface area (Å²) in [6, 6.07) is 0.206. The van der Waals surface area contributed by atoms with Crippen molar-refractivity contribution >= 4 is 23.3 Å². The quantitative estimate of drug-likeness (QED) is 0.690. The third-order valence-corrected chi connectivity index (χ3v) is 2.88. The minimum absolute atomic E-state index is 0.206. The van der Waals surface area contributed by atoms with E-state index in [2.05, 4.69) is 15.0 Å². The number of carbonyl (C=O) groups excluding carboxylic acids is 1. The topological polar surface area (TPSA) is 67.6 Å². The van der Waals surface area contributed by atoms with E-state index < -0.39 is 0 Å². The van der Waals surface area contributed by atoms with Gasteiger partial charge in [-0.1, -0.05) is 12.2 Å². The molecule has 6 heteroatoms. The molecule has 0 radical (unpaired) electrons. The summed E-state index contributed by atoms with van der Waals surface area (Å²) in [7, 11) is 1.38. The summed E-state index contributed by atoms with van der Waals surface area (Å²) in [6.45, 7) is 2.87. The van der Waals surface area contributed by atoms with Crippen molar-refractivity contribution in [1.82, 2.24) is 10.2 Å². The molecular weight excluding hydrogens is 226 g/mol. The van der Waals surface area contributed by atoms with Crippen LogP contribution in [0.25, 0.3) is 0 Å². The van der Waals surface area contributed by atoms with Gasteiger partial charge in [0.25, 0.3) is 0 Å². The number of amides is 1. The predicted octanol–water partition coefficient (Wildman–Crippen LogP) is 0.483. The number of alkyl carbamates (subject to hydrolysis) is 1. The summed E-state index contributed by atoms with van der Waals surface area (Å²) in [5.74, 6) is 0. The maximum atomic E-state index is 11.0. The van der Waals surface area contributed by atoms with Crippen molar-refractivity contribution in [2.24, 2.45) is 5.73 Å². The number of carbonyl (C=O) groups is 1. The smallest absolute Gasteiger partial charge is 0.407 e. The largest absolute Gasteiger partial charge is 0.453 e. The Morgan fingerprint density at radius 2 is 2.44 bits per heavy atom. The number of hydrogen-bond donors (Lipinski definition) is 2. The van der Waals surface area contributed by atoms with Crippen molar-refractivity contribution in [1.29, 1.82) is 0 Å². The second kappa shape index (κ2) is 6.65. The number of nitrogens with zero attached hydrogens (tertiary/aromatic N) is 1. The molecule has 3 N–H and O–H groups in total. The van der Waals surface area contributed by atoms with Crippen LogP contribution in [-0.4, -0.2) is 48.8 Å². The monoisotopic (exact) mass is 245 g/mol. The van der Waals surface area contributed by atoms with Gasteiger partial charge in [-0.25, -0.2) is 4.79 Å². The van der Waals surface area contributed by atoms with Crippen molar-refractivity contribution in [3.05, 3.63) is 0 Å². The van der Waals surface area contributed by atoms with E-state index in [1.807, 2.05) is 0 Å². The summed E-state index contributed by atoms with van der Waals surface area (Å²) in [4.78, 5) is 13.9. The van der Waals surface area contributed by atoms with Crippen LogP contribution < -0.4 is 11.1 Å². The number of ether oxygens (including phenoxy) is 1. The molecule has 0 spiro atoms. The average Bonchev–Trinajstić information content (AvgIpc) is 2.65. The second-order valence-electron chi connectivity index (χ2n) is 3.99. The fraction of sp³-hybridized carbons (Fsp3) is 0.800. The highest BCUT2D eigenvalue weighted by atomic mass is 32.1. The summed E-state index contributed by atoms with van der Waals surface area (Å²) in [5.41, 5.74) is 5.43. The van der Waals surface area contributed by atoms with Gasteiger partial charge in [0.1, 0.15) is 0 Å². The van der Waals surface area contributed by atoms with Gasteiger partial charge in [-0.3, -0.25) is 0 Å². The first kappa shape index (κ1) is 13.2. The van der Waals surface area contributed by atoms with Gasteiger partial charge < -0.3 is 20.7 Å². The van der Waals surface area contributed by atoms with E-state index in [1.54, 1.807) is 0 Å². The van der Waals surface area contributed by atoms with Crippen LogP contribution >= 0.6 is 12.2 Å². The standard InChI is InChI=1S/C10H19N3O2S/c1-15-10(14)12-8-4-6-13(7-8)5-2-3-9(11)16/h8H,2-7H2,1H3,(H2,11,16)(H,12,14). The molecule has 1 rings (SSSR count). The molecule has 1 atom stereocenters. The lowest BCUT2D eigenvalue weighted by Crippen LogP contribution is -2.37. The van der Waals surface area contributed by atoms with Crippen LogP contribution in [0.2, 0.25) is 0 Å². The number of nitrogens with one attached hydrogen (secondary N) is 1. The molecule has 0 aromatic rings. The minimum atomic E-state index is -0.352. The highest BCUT2D eigenvalue weighted by Crippen LogP contribution is 2.10. The fourth-order valence-corrected chi connectivity index (χ4v) is 2.00. The summed E-state index contributed by atoms with van der Waals surface area (Å²) in [6.07, 6.45) is 2.40. The van der Waals surface area contributed by atoms with Crippen LogP contribution in [0.3, 0.4) is 0 Å². The third-order valence-electron chi connectivity index (χ3n) is 2.68. The molecule has 1 unspecified atom stereocenters. The van der Waals surface area contributed by atoms with Gasteiger partial charge >= 0.3 is 6.09 Å². The van der Waals surface area contributed by atoms with Gasteiger partial charge in [0.2, 0.25) is 0 Å². The maximum Gasteiger partial charge on any atom is 0.407 e. The lowest BCUT2D eigenvalue weighted by atomic mass is 10.3. The van der Waals surface area contributed by atoms with Crippen LogP contribution in [-0.2, 0) is 4.74 Å². The van der Waals surface area contributed by atoms with Crippen LogP contribution in [0.5, 0.6) is 0 Å². The summed E-state index contributed by atoms with van der Waals surface area (Å²) >= 11 is 4.82. The van der Waals surface area contributed by atoms with Crippen LogP contribution in [0.1, 0.15) is 19.3 Å². The Morgan fingerprint density at radius 1 is 1.69 bits per heavy atom. The van der Waals surface area contributed by atoms with Gasteiger partial charge in [-0.15, -0.1) is 0 Å². The van der Waals surface area contributed by atoms with Gasteiger partial charge in [-0.05, 0) is 25.8 Å². The maximum absolute atomic E-state index is 11.0. The number of rotatable bonds is 5. The molecule has 1 amide bonds. The highest BCUT2D eigenvalue weighted by Gasteiger charge is 2.23. The van der Waals surface area contributed by atoms with E-state index in [1.165, 1.54) is 7.11 Å². The Morgan fingerprint density at radius 3 is 3.06 bits per heavy atom. The first-order valence-corrected chi connectivity index (χ1v) is 5.87. The van der Waals surface area contributed by atoms with Crippen molar-refractivity contribution in [3.63, 3.8) is 0 Å². The molecular formula is C10H19N3O2S. The molecule has 0 aliphatic carbocycles. The summed E-state index contributed by atoms with van der Waals surface area (Å²) in [5, 5.41) is 2.80. The second-order valence-corrected chi connectivity index (χ2v) is 4.52. The van der Waals surface area contributed by atoms with Crippen molar-refractivity contribution in [2.75, 3.05) is 26.7 Å². The summed E-state index contributed by atoms with van der Waals surface area (Å²) < 4.78 is 4.56. The lowest BCUT2D eigenvalue weighted by molar-refractivity contribution is 0.166. The van der Waals surface area contributed by atoms with Crippen LogP contribution in [0.4, 0.5) is 4.79 Å². The van der Waals surface area contributed by atoms with Crippen LogP contribution in [0.15, 0.2) is 0 Å². The fourth-order valence-electron chi connectivity index (χ4n) is 1.86. The Labute approximate surface area is 101 Å². The van der Waals surface area contributed by atoms with E-state index in [0.29, 0.717) is 4.99 Å². The number of thiocarbonyl (C=S) groups is 1. The van der Waals surface area contributed by atoms with E-state index >= 15 is 0 Å². The lowest BCUT2D eigenvalue weighted by Gasteiger charge is -2.15. The average molecular weight is 245 g/mol. The Bertz CT molecular complexity index is 260. The van der Waals surface area contributed by atoms with Gasteiger partial charge in [0.15, 0.2) is 0 Å². The Balaban J connectivity index is 2.14. The zero-order chi connectivity index (χ0) is 12.0. The molecule has 1 heterocycles. The highest BCUT2D eigenvalue weighted by molar-refractivity contribution is 7.80. The molecule has 92 valence electrons. The van der Waals surface area contributed by atoms with Crippen molar-refractivity contribution in [3.8, 4) is 0 Å². The zero-order valence-corrected chi connectivity index (χ0v) is 10.4. The van der Waals surface area contributed by atoms with E-state index in [-0.39, 0.29) is 12.1 Å². The number of methoxy groups -OCH3 is 1. The number of likely N-dealkylation sites (tertiary alicyclic amines) is 1. The SMILES string of the molecule is COC(=O)NC1CCN(CCCC(N)=S)C1. The van der Waals surface area contributed by atoms with Crippen molar-refractivity contribution in [2.45, 2.75) is 25.3 Å². The van der Waals surface area contributed by atoms with Crippen LogP contribution in [0, 0.1) is 0 Å². The molecule has 1 saturated heterocycles. The molecule has 1 fully saturated rings. The predicted molar refractivity (Wildman–Crippen MR) is 66.4 cm³/mol. The van der Waals surface area contributed by atoms with Gasteiger partial charge in [0, 0.05) is 19.1 Å². The first-order valence-electron chi connectivity index (χ1n) is 5.47. The molecule has 0 aromatic carbocycles. The molecule has 0 bridgehead atoms. The molecule has 16 heavy (non-hydrogen) atoms. The molecule has 1 aliphatic heterocycles. The van der Waals surface area contributed by atoms with Crippen molar-refractivity contribution < 1.29 is 9.53 Å². The number of nitrogens with two attached hydrogens (primary N) is 1. The normalized spacial score (nSPS) is 20.7. The Hall–Kier alpha value is -0.880. The van der Waals surface area contributed by atoms with Gasteiger partial charge in [-0.2, -0.15) is 0 Å². The van der Waals surface area contributed by atoms with E-state index in [0.717, 1.165) is 38.9 Å². The first-order chi connectivity index (χ1) is 7.61. The molecule has 0 saturated carbocycles.